The number of aromatic nitrogens is 2. The molecule has 0 amide bonds. The fourth-order valence-electron chi connectivity index (χ4n) is 1.29. The van der Waals surface area contributed by atoms with E-state index in [9.17, 15) is 0 Å². The Labute approximate surface area is 98.5 Å². The molecule has 0 atom stereocenters. The maximum absolute atomic E-state index is 5.88. The molecule has 0 saturated heterocycles. The van der Waals surface area contributed by atoms with Gasteiger partial charge in [-0.15, -0.1) is 0 Å². The van der Waals surface area contributed by atoms with Crippen LogP contribution in [-0.4, -0.2) is 9.97 Å². The molecular formula is C11H11ClN4. The zero-order valence-corrected chi connectivity index (χ0v) is 9.49. The van der Waals surface area contributed by atoms with Crippen LogP contribution >= 0.6 is 11.6 Å². The molecule has 0 bridgehead atoms. The monoisotopic (exact) mass is 234 g/mol. The van der Waals surface area contributed by atoms with Gasteiger partial charge in [-0.1, -0.05) is 17.7 Å². The smallest absolute Gasteiger partial charge is 0.138 e. The van der Waals surface area contributed by atoms with Crippen LogP contribution in [0.5, 0.6) is 0 Å². The molecular weight excluding hydrogens is 224 g/mol. The number of nitrogens with zero attached hydrogens (tertiary/aromatic N) is 2. The van der Waals surface area contributed by atoms with Crippen molar-refractivity contribution in [2.45, 2.75) is 6.92 Å². The maximum Gasteiger partial charge on any atom is 0.138 e. The Morgan fingerprint density at radius 3 is 2.88 bits per heavy atom. The van der Waals surface area contributed by atoms with Crippen molar-refractivity contribution in [3.63, 3.8) is 0 Å². The molecule has 0 aliphatic rings. The zero-order chi connectivity index (χ0) is 11.5. The molecule has 0 aliphatic heterocycles. The minimum absolute atomic E-state index is 0.472. The lowest BCUT2D eigenvalue weighted by Crippen LogP contribution is -2.01. The Kier molecular flexibility index (Phi) is 2.92. The van der Waals surface area contributed by atoms with E-state index in [1.807, 2.05) is 31.2 Å². The molecule has 3 N–H and O–H groups in total. The normalized spacial score (nSPS) is 10.1. The SMILES string of the molecule is Cc1c(N)ncnc1Nc1cccc(Cl)c1. The van der Waals surface area contributed by atoms with Crippen molar-refractivity contribution in [1.82, 2.24) is 9.97 Å². The van der Waals surface area contributed by atoms with Gasteiger partial charge < -0.3 is 11.1 Å². The van der Waals surface area contributed by atoms with Crippen LogP contribution in [0.2, 0.25) is 5.02 Å². The lowest BCUT2D eigenvalue weighted by molar-refractivity contribution is 1.14. The third-order valence-corrected chi connectivity index (χ3v) is 2.45. The highest BCUT2D eigenvalue weighted by Gasteiger charge is 2.04. The fraction of sp³-hybridized carbons (Fsp3) is 0.0909. The van der Waals surface area contributed by atoms with Gasteiger partial charge >= 0.3 is 0 Å². The summed E-state index contributed by atoms with van der Waals surface area (Å²) in [6, 6.07) is 7.40. The van der Waals surface area contributed by atoms with Gasteiger partial charge in [0.1, 0.15) is 18.0 Å². The van der Waals surface area contributed by atoms with E-state index in [0.717, 1.165) is 11.3 Å². The van der Waals surface area contributed by atoms with Gasteiger partial charge in [0.2, 0.25) is 0 Å². The largest absolute Gasteiger partial charge is 0.383 e. The van der Waals surface area contributed by atoms with Crippen molar-refractivity contribution in [3.05, 3.63) is 41.2 Å². The minimum Gasteiger partial charge on any atom is -0.383 e. The fourth-order valence-corrected chi connectivity index (χ4v) is 1.48. The molecule has 4 nitrogen and oxygen atoms in total. The highest BCUT2D eigenvalue weighted by Crippen LogP contribution is 2.22. The summed E-state index contributed by atoms with van der Waals surface area (Å²) in [5, 5.41) is 3.81. The standard InChI is InChI=1S/C11H11ClN4/c1-7-10(13)14-6-15-11(7)16-9-4-2-3-8(12)5-9/h2-6H,1H3,(H3,13,14,15,16). The number of nitrogen functional groups attached to an aromatic ring is 1. The van der Waals surface area contributed by atoms with Gasteiger partial charge in [-0.2, -0.15) is 0 Å². The van der Waals surface area contributed by atoms with Gasteiger partial charge in [0.05, 0.1) is 0 Å². The van der Waals surface area contributed by atoms with Crippen molar-refractivity contribution in [2.24, 2.45) is 0 Å². The second-order valence-corrected chi connectivity index (χ2v) is 3.80. The molecule has 0 spiro atoms. The summed E-state index contributed by atoms with van der Waals surface area (Å²) in [5.74, 6) is 1.16. The molecule has 1 aromatic carbocycles. The summed E-state index contributed by atoms with van der Waals surface area (Å²) in [5.41, 5.74) is 7.38. The lowest BCUT2D eigenvalue weighted by Gasteiger charge is -2.09. The molecule has 1 heterocycles. The molecule has 16 heavy (non-hydrogen) atoms. The van der Waals surface area contributed by atoms with E-state index in [0.29, 0.717) is 16.7 Å². The predicted octanol–water partition coefficient (Wildman–Crippen LogP) is 2.76. The van der Waals surface area contributed by atoms with E-state index in [4.69, 9.17) is 17.3 Å². The molecule has 0 saturated carbocycles. The van der Waals surface area contributed by atoms with Crippen molar-refractivity contribution < 1.29 is 0 Å². The molecule has 0 fully saturated rings. The Bertz CT molecular complexity index is 513. The lowest BCUT2D eigenvalue weighted by atomic mass is 10.3. The zero-order valence-electron chi connectivity index (χ0n) is 8.74. The van der Waals surface area contributed by atoms with E-state index in [1.54, 1.807) is 0 Å². The Morgan fingerprint density at radius 1 is 1.31 bits per heavy atom. The van der Waals surface area contributed by atoms with Gasteiger partial charge in [-0.05, 0) is 25.1 Å². The summed E-state index contributed by atoms with van der Waals surface area (Å²) in [6.45, 7) is 1.86. The van der Waals surface area contributed by atoms with Crippen molar-refractivity contribution in [3.8, 4) is 0 Å². The second-order valence-electron chi connectivity index (χ2n) is 3.37. The summed E-state index contributed by atoms with van der Waals surface area (Å²) in [6.07, 6.45) is 1.43. The number of nitrogens with one attached hydrogen (secondary N) is 1. The molecule has 1 aromatic heterocycles. The average molecular weight is 235 g/mol. The van der Waals surface area contributed by atoms with Gasteiger partial charge in [0.15, 0.2) is 0 Å². The summed E-state index contributed by atoms with van der Waals surface area (Å²) >= 11 is 5.88. The first kappa shape index (κ1) is 10.7. The van der Waals surface area contributed by atoms with Crippen LogP contribution in [0.1, 0.15) is 5.56 Å². The van der Waals surface area contributed by atoms with E-state index < -0.39 is 0 Å². The number of benzene rings is 1. The van der Waals surface area contributed by atoms with Crippen molar-refractivity contribution in [1.29, 1.82) is 0 Å². The molecule has 2 rings (SSSR count). The van der Waals surface area contributed by atoms with Crippen LogP contribution in [0.3, 0.4) is 0 Å². The molecule has 0 radical (unpaired) electrons. The Hall–Kier alpha value is -1.81. The number of hydrogen-bond donors (Lipinski definition) is 2. The highest BCUT2D eigenvalue weighted by molar-refractivity contribution is 6.30. The third kappa shape index (κ3) is 2.23. The van der Waals surface area contributed by atoms with Gasteiger partial charge in [-0.3, -0.25) is 0 Å². The number of rotatable bonds is 2. The third-order valence-electron chi connectivity index (χ3n) is 2.21. The molecule has 82 valence electrons. The summed E-state index contributed by atoms with van der Waals surface area (Å²) in [4.78, 5) is 8.02. The maximum atomic E-state index is 5.88. The van der Waals surface area contributed by atoms with Crippen LogP contribution in [0.15, 0.2) is 30.6 Å². The van der Waals surface area contributed by atoms with Gasteiger partial charge in [-0.25, -0.2) is 9.97 Å². The summed E-state index contributed by atoms with van der Waals surface area (Å²) in [7, 11) is 0. The first-order chi connectivity index (χ1) is 7.66. The van der Waals surface area contributed by atoms with Crippen LogP contribution < -0.4 is 11.1 Å². The first-order valence-corrected chi connectivity index (χ1v) is 5.14. The van der Waals surface area contributed by atoms with Crippen molar-refractivity contribution >= 4 is 28.9 Å². The van der Waals surface area contributed by atoms with E-state index >= 15 is 0 Å². The quantitative estimate of drug-likeness (QED) is 0.839. The minimum atomic E-state index is 0.472. The van der Waals surface area contributed by atoms with Gasteiger partial charge in [0, 0.05) is 16.3 Å². The van der Waals surface area contributed by atoms with E-state index in [1.165, 1.54) is 6.33 Å². The average Bonchev–Trinajstić information content (AvgIpc) is 2.25. The van der Waals surface area contributed by atoms with Crippen LogP contribution in [0, 0.1) is 6.92 Å². The van der Waals surface area contributed by atoms with Crippen molar-refractivity contribution in [2.75, 3.05) is 11.1 Å². The molecule has 2 aromatic rings. The Morgan fingerprint density at radius 2 is 2.12 bits per heavy atom. The number of anilines is 3. The summed E-state index contributed by atoms with van der Waals surface area (Å²) < 4.78 is 0. The Balaban J connectivity index is 2.31. The van der Waals surface area contributed by atoms with Crippen LogP contribution in [-0.2, 0) is 0 Å². The molecule has 0 aliphatic carbocycles. The van der Waals surface area contributed by atoms with Crippen LogP contribution in [0.25, 0.3) is 0 Å². The first-order valence-electron chi connectivity index (χ1n) is 4.76. The number of hydrogen-bond acceptors (Lipinski definition) is 4. The molecule has 5 heteroatoms. The number of nitrogens with two attached hydrogens (primary N) is 1. The predicted molar refractivity (Wildman–Crippen MR) is 65.9 cm³/mol. The number of halogens is 1. The second kappa shape index (κ2) is 4.37. The topological polar surface area (TPSA) is 63.8 Å². The van der Waals surface area contributed by atoms with E-state index in [2.05, 4.69) is 15.3 Å². The van der Waals surface area contributed by atoms with Crippen LogP contribution in [0.4, 0.5) is 17.3 Å². The van der Waals surface area contributed by atoms with E-state index in [-0.39, 0.29) is 0 Å². The van der Waals surface area contributed by atoms with Gasteiger partial charge in [0.25, 0.3) is 0 Å². The molecule has 0 unspecified atom stereocenters. The highest BCUT2D eigenvalue weighted by atomic mass is 35.5.